The lowest BCUT2D eigenvalue weighted by molar-refractivity contribution is 0.348. The maximum absolute atomic E-state index is 5.70. The first-order valence-corrected chi connectivity index (χ1v) is 7.15. The molecule has 0 bridgehead atoms. The van der Waals surface area contributed by atoms with Gasteiger partial charge in [-0.3, -0.25) is 0 Å². The van der Waals surface area contributed by atoms with E-state index in [4.69, 9.17) is 5.73 Å². The predicted molar refractivity (Wildman–Crippen MR) is 71.5 cm³/mol. The minimum Gasteiger partial charge on any atom is -0.328 e. The molecule has 0 spiro atoms. The van der Waals surface area contributed by atoms with Crippen molar-refractivity contribution in [1.29, 1.82) is 0 Å². The molecule has 2 aliphatic rings. The average molecular weight is 226 g/mol. The summed E-state index contributed by atoms with van der Waals surface area (Å²) < 4.78 is 0. The highest BCUT2D eigenvalue weighted by atomic mass is 14.9. The summed E-state index contributed by atoms with van der Waals surface area (Å²) in [5.74, 6) is 0.940. The van der Waals surface area contributed by atoms with E-state index < -0.39 is 0 Å². The van der Waals surface area contributed by atoms with E-state index in [0.29, 0.717) is 6.04 Å². The molecule has 16 heavy (non-hydrogen) atoms. The van der Waals surface area contributed by atoms with Crippen LogP contribution in [0.15, 0.2) is 0 Å². The molecule has 0 aromatic rings. The van der Waals surface area contributed by atoms with Crippen LogP contribution in [0.4, 0.5) is 0 Å². The van der Waals surface area contributed by atoms with Crippen molar-refractivity contribution >= 4 is 0 Å². The van der Waals surface area contributed by atoms with E-state index in [1.54, 1.807) is 0 Å². The molecule has 2 rings (SSSR count). The van der Waals surface area contributed by atoms with Crippen LogP contribution in [0.1, 0.15) is 64.7 Å². The van der Waals surface area contributed by atoms with Crippen molar-refractivity contribution in [2.45, 2.75) is 76.8 Å². The summed E-state index contributed by atoms with van der Waals surface area (Å²) in [6.45, 7) is 2.31. The summed E-state index contributed by atoms with van der Waals surface area (Å²) in [6.07, 6.45) is 12.3. The predicted octanol–water partition coefficient (Wildman–Crippen LogP) is 3.06. The third-order valence-electron chi connectivity index (χ3n) is 4.07. The van der Waals surface area contributed by atoms with E-state index in [1.165, 1.54) is 57.8 Å². The van der Waals surface area contributed by atoms with Gasteiger partial charge < -0.3 is 11.1 Å². The summed E-state index contributed by atoms with van der Waals surface area (Å²) in [5.41, 5.74) is 5.70. The molecule has 0 amide bonds. The Labute approximate surface area is 101 Å². The van der Waals surface area contributed by atoms with Gasteiger partial charge in [-0.2, -0.15) is 0 Å². The zero-order valence-corrected chi connectivity index (χ0v) is 11.2. The molecule has 0 heterocycles. The molecule has 2 nitrogen and oxygen atoms in total. The Kier molecular flexibility index (Phi) is 7.06. The summed E-state index contributed by atoms with van der Waals surface area (Å²) in [7, 11) is 2.07. The summed E-state index contributed by atoms with van der Waals surface area (Å²) >= 11 is 0. The Bertz CT molecular complexity index is 146. The van der Waals surface area contributed by atoms with Gasteiger partial charge in [-0.05, 0) is 51.5 Å². The molecule has 2 saturated carbocycles. The third kappa shape index (κ3) is 5.86. The van der Waals surface area contributed by atoms with Gasteiger partial charge in [0, 0.05) is 12.1 Å². The molecular weight excluding hydrogens is 196 g/mol. The summed E-state index contributed by atoms with van der Waals surface area (Å²) in [6, 6.07) is 1.36. The van der Waals surface area contributed by atoms with Crippen molar-refractivity contribution in [3.63, 3.8) is 0 Å². The van der Waals surface area contributed by atoms with Crippen LogP contribution < -0.4 is 11.1 Å². The van der Waals surface area contributed by atoms with E-state index in [2.05, 4.69) is 19.3 Å². The van der Waals surface area contributed by atoms with Gasteiger partial charge in [0.05, 0.1) is 0 Å². The Morgan fingerprint density at radius 3 is 1.81 bits per heavy atom. The second kappa shape index (κ2) is 8.08. The lowest BCUT2D eigenvalue weighted by atomic mass is 9.88. The van der Waals surface area contributed by atoms with Crippen LogP contribution in [-0.4, -0.2) is 19.1 Å². The maximum atomic E-state index is 5.70. The lowest BCUT2D eigenvalue weighted by Crippen LogP contribution is -2.26. The van der Waals surface area contributed by atoms with Crippen LogP contribution in [0, 0.1) is 5.92 Å². The van der Waals surface area contributed by atoms with Crippen LogP contribution in [-0.2, 0) is 0 Å². The topological polar surface area (TPSA) is 38.0 Å². The summed E-state index contributed by atoms with van der Waals surface area (Å²) in [5, 5.41) is 3.30. The molecule has 0 aliphatic heterocycles. The Hall–Kier alpha value is -0.0800. The second-order valence-electron chi connectivity index (χ2n) is 5.64. The van der Waals surface area contributed by atoms with Crippen LogP contribution in [0.25, 0.3) is 0 Å². The first kappa shape index (κ1) is 14.0. The molecule has 0 saturated heterocycles. The van der Waals surface area contributed by atoms with Gasteiger partial charge in [0.1, 0.15) is 0 Å². The van der Waals surface area contributed by atoms with Gasteiger partial charge in [-0.15, -0.1) is 0 Å². The SMILES string of the molecule is CC1CCC(N)CC1.CNC1CCCCC1. The molecule has 2 aliphatic carbocycles. The van der Waals surface area contributed by atoms with Crippen molar-refractivity contribution in [2.24, 2.45) is 11.7 Å². The van der Waals surface area contributed by atoms with Gasteiger partial charge in [-0.1, -0.05) is 26.2 Å². The van der Waals surface area contributed by atoms with Crippen molar-refractivity contribution < 1.29 is 0 Å². The molecule has 2 fully saturated rings. The fourth-order valence-corrected chi connectivity index (χ4v) is 2.68. The second-order valence-corrected chi connectivity index (χ2v) is 5.64. The number of nitrogens with two attached hydrogens (primary N) is 1. The van der Waals surface area contributed by atoms with E-state index in [-0.39, 0.29) is 0 Å². The Morgan fingerprint density at radius 1 is 0.875 bits per heavy atom. The van der Waals surface area contributed by atoms with Crippen molar-refractivity contribution in [1.82, 2.24) is 5.32 Å². The zero-order valence-electron chi connectivity index (χ0n) is 11.2. The number of hydrogen-bond acceptors (Lipinski definition) is 2. The highest BCUT2D eigenvalue weighted by Gasteiger charge is 2.13. The highest BCUT2D eigenvalue weighted by molar-refractivity contribution is 4.71. The number of nitrogens with one attached hydrogen (secondary N) is 1. The van der Waals surface area contributed by atoms with Crippen LogP contribution in [0.2, 0.25) is 0 Å². The maximum Gasteiger partial charge on any atom is 0.00640 e. The molecule has 0 unspecified atom stereocenters. The summed E-state index contributed by atoms with van der Waals surface area (Å²) in [4.78, 5) is 0. The molecule has 0 atom stereocenters. The minimum atomic E-state index is 0.520. The smallest absolute Gasteiger partial charge is 0.00640 e. The van der Waals surface area contributed by atoms with Crippen molar-refractivity contribution in [3.8, 4) is 0 Å². The Morgan fingerprint density at radius 2 is 1.44 bits per heavy atom. The van der Waals surface area contributed by atoms with Gasteiger partial charge in [0.2, 0.25) is 0 Å². The fourth-order valence-electron chi connectivity index (χ4n) is 2.68. The van der Waals surface area contributed by atoms with Crippen molar-refractivity contribution in [2.75, 3.05) is 7.05 Å². The molecule has 0 radical (unpaired) electrons. The number of hydrogen-bond donors (Lipinski definition) is 2. The van der Waals surface area contributed by atoms with Crippen LogP contribution in [0.5, 0.6) is 0 Å². The standard InChI is InChI=1S/2C7H15N/c1-6-2-4-7(8)5-3-6;1-8-7-5-3-2-4-6-7/h6-7H,2-5,8H2,1H3;7-8H,2-6H2,1H3. The Balaban J connectivity index is 0.000000160. The minimum absolute atomic E-state index is 0.520. The molecule has 2 heteroatoms. The van der Waals surface area contributed by atoms with Crippen molar-refractivity contribution in [3.05, 3.63) is 0 Å². The van der Waals surface area contributed by atoms with Gasteiger partial charge in [0.25, 0.3) is 0 Å². The molecule has 3 N–H and O–H groups in total. The van der Waals surface area contributed by atoms with Crippen LogP contribution >= 0.6 is 0 Å². The van der Waals surface area contributed by atoms with Gasteiger partial charge >= 0.3 is 0 Å². The normalized spacial score (nSPS) is 31.7. The van der Waals surface area contributed by atoms with E-state index in [9.17, 15) is 0 Å². The van der Waals surface area contributed by atoms with Crippen LogP contribution in [0.3, 0.4) is 0 Å². The number of rotatable bonds is 1. The molecule has 0 aromatic carbocycles. The van der Waals surface area contributed by atoms with Gasteiger partial charge in [-0.25, -0.2) is 0 Å². The quantitative estimate of drug-likeness (QED) is 0.721. The average Bonchev–Trinajstić information content (AvgIpc) is 2.35. The fraction of sp³-hybridized carbons (Fsp3) is 1.00. The van der Waals surface area contributed by atoms with Gasteiger partial charge in [0.15, 0.2) is 0 Å². The lowest BCUT2D eigenvalue weighted by Gasteiger charge is -2.22. The first-order chi connectivity index (χ1) is 7.72. The monoisotopic (exact) mass is 226 g/mol. The highest BCUT2D eigenvalue weighted by Crippen LogP contribution is 2.21. The first-order valence-electron chi connectivity index (χ1n) is 7.15. The van der Waals surface area contributed by atoms with E-state index in [0.717, 1.165) is 12.0 Å². The molecule has 96 valence electrons. The van der Waals surface area contributed by atoms with E-state index >= 15 is 0 Å². The largest absolute Gasteiger partial charge is 0.328 e. The zero-order chi connectivity index (χ0) is 11.8. The third-order valence-corrected chi connectivity index (χ3v) is 4.07. The van der Waals surface area contributed by atoms with E-state index in [1.807, 2.05) is 0 Å². The molecule has 0 aromatic heterocycles. The molecular formula is C14H30N2.